The number of halogens is 1. The van der Waals surface area contributed by atoms with Crippen LogP contribution < -0.4 is 10.1 Å². The van der Waals surface area contributed by atoms with Crippen LogP contribution in [0.4, 0.5) is 10.3 Å². The fraction of sp³-hybridized carbons (Fsp3) is 0.367. The van der Waals surface area contributed by atoms with Gasteiger partial charge in [0, 0.05) is 62.2 Å². The zero-order chi connectivity index (χ0) is 26.5. The molecule has 8 nitrogen and oxygen atoms in total. The monoisotopic (exact) mass is 527 g/mol. The van der Waals surface area contributed by atoms with E-state index in [4.69, 9.17) is 14.5 Å². The van der Waals surface area contributed by atoms with Gasteiger partial charge in [-0.15, -0.1) is 0 Å². The third-order valence-electron chi connectivity index (χ3n) is 8.15. The first-order valence-corrected chi connectivity index (χ1v) is 13.6. The average molecular weight is 528 g/mol. The Kier molecular flexibility index (Phi) is 5.96. The molecule has 9 heteroatoms. The summed E-state index contributed by atoms with van der Waals surface area (Å²) in [5.74, 6) is 1.27. The molecule has 1 amide bonds. The fourth-order valence-electron chi connectivity index (χ4n) is 6.11. The molecule has 1 N–H and O–H groups in total. The molecule has 0 bridgehead atoms. The Balaban J connectivity index is 1.30. The van der Waals surface area contributed by atoms with E-state index in [1.807, 2.05) is 9.30 Å². The van der Waals surface area contributed by atoms with Crippen LogP contribution >= 0.6 is 0 Å². The smallest absolute Gasteiger partial charge is 0.275 e. The van der Waals surface area contributed by atoms with Crippen molar-refractivity contribution in [2.45, 2.75) is 39.3 Å². The first-order chi connectivity index (χ1) is 19.1. The summed E-state index contributed by atoms with van der Waals surface area (Å²) >= 11 is 0. The van der Waals surface area contributed by atoms with Gasteiger partial charge in [-0.1, -0.05) is 23.8 Å². The van der Waals surface area contributed by atoms with E-state index in [0.29, 0.717) is 54.8 Å². The lowest BCUT2D eigenvalue weighted by Crippen LogP contribution is -2.37. The van der Waals surface area contributed by atoms with E-state index in [9.17, 15) is 9.18 Å². The maximum absolute atomic E-state index is 14.8. The Bertz CT molecular complexity index is 1590. The molecule has 1 fully saturated rings. The van der Waals surface area contributed by atoms with Gasteiger partial charge in [0.25, 0.3) is 5.91 Å². The zero-order valence-corrected chi connectivity index (χ0v) is 21.9. The second kappa shape index (κ2) is 9.64. The van der Waals surface area contributed by atoms with E-state index in [1.165, 1.54) is 6.07 Å². The number of benzene rings is 2. The van der Waals surface area contributed by atoms with E-state index < -0.39 is 0 Å². The second-order valence-corrected chi connectivity index (χ2v) is 10.7. The predicted octanol–water partition coefficient (Wildman–Crippen LogP) is 4.77. The molecule has 0 atom stereocenters. The molecular weight excluding hydrogens is 497 g/mol. The van der Waals surface area contributed by atoms with E-state index in [2.05, 4.69) is 35.4 Å². The van der Waals surface area contributed by atoms with Crippen molar-refractivity contribution in [2.75, 3.05) is 31.7 Å². The largest absolute Gasteiger partial charge is 0.493 e. The van der Waals surface area contributed by atoms with E-state index in [-0.39, 0.29) is 18.3 Å². The minimum Gasteiger partial charge on any atom is -0.493 e. The van der Waals surface area contributed by atoms with Crippen LogP contribution in [0.3, 0.4) is 0 Å². The lowest BCUT2D eigenvalue weighted by atomic mass is 9.94. The molecule has 0 radical (unpaired) electrons. The number of carbonyl (C=O) groups excluding carboxylic acids is 1. The van der Waals surface area contributed by atoms with Crippen LogP contribution in [-0.2, 0) is 24.2 Å². The molecule has 39 heavy (non-hydrogen) atoms. The van der Waals surface area contributed by atoms with Gasteiger partial charge in [-0.2, -0.15) is 0 Å². The summed E-state index contributed by atoms with van der Waals surface area (Å²) in [5, 5.41) is 3.30. The summed E-state index contributed by atoms with van der Waals surface area (Å²) in [5.41, 5.74) is 6.72. The van der Waals surface area contributed by atoms with Gasteiger partial charge < -0.3 is 19.7 Å². The third-order valence-corrected chi connectivity index (χ3v) is 8.15. The minimum atomic E-state index is -0.274. The third kappa shape index (κ3) is 4.21. The maximum atomic E-state index is 14.8. The van der Waals surface area contributed by atoms with Crippen molar-refractivity contribution in [3.05, 3.63) is 76.6 Å². The SMILES string of the molecule is Cc1ccc2c(c1)CN(CC1CCOCC1)C(=O)c1ncn3c(NCc4c(F)ccc5c4CCO5)ncc-2c13. The van der Waals surface area contributed by atoms with Gasteiger partial charge in [0.15, 0.2) is 5.69 Å². The molecule has 4 aromatic rings. The van der Waals surface area contributed by atoms with Crippen LogP contribution in [0.15, 0.2) is 42.9 Å². The van der Waals surface area contributed by atoms with E-state index in [0.717, 1.165) is 59.6 Å². The van der Waals surface area contributed by atoms with E-state index >= 15 is 0 Å². The van der Waals surface area contributed by atoms with Crippen molar-refractivity contribution in [1.82, 2.24) is 19.3 Å². The highest BCUT2D eigenvalue weighted by Gasteiger charge is 2.30. The summed E-state index contributed by atoms with van der Waals surface area (Å²) in [4.78, 5) is 25.2. The number of rotatable bonds is 5. The van der Waals surface area contributed by atoms with Crippen LogP contribution in [0.25, 0.3) is 16.6 Å². The number of anilines is 1. The highest BCUT2D eigenvalue weighted by atomic mass is 19.1. The topological polar surface area (TPSA) is 81.0 Å². The number of aromatic nitrogens is 3. The molecule has 2 aromatic heterocycles. The zero-order valence-electron chi connectivity index (χ0n) is 21.9. The number of hydrogen-bond donors (Lipinski definition) is 1. The maximum Gasteiger partial charge on any atom is 0.275 e. The van der Waals surface area contributed by atoms with Crippen LogP contribution in [0.2, 0.25) is 0 Å². The van der Waals surface area contributed by atoms with E-state index in [1.54, 1.807) is 18.6 Å². The molecule has 3 aliphatic heterocycles. The molecule has 200 valence electrons. The number of hydrogen-bond acceptors (Lipinski definition) is 6. The Morgan fingerprint density at radius 1 is 1.10 bits per heavy atom. The number of nitrogens with one attached hydrogen (secondary N) is 1. The molecule has 0 unspecified atom stereocenters. The van der Waals surface area contributed by atoms with Gasteiger partial charge in [0.1, 0.15) is 17.9 Å². The molecule has 2 aromatic carbocycles. The molecule has 7 rings (SSSR count). The predicted molar refractivity (Wildman–Crippen MR) is 144 cm³/mol. The number of ether oxygens (including phenoxy) is 2. The van der Waals surface area contributed by atoms with Gasteiger partial charge in [0.05, 0.1) is 12.1 Å². The Morgan fingerprint density at radius 2 is 1.97 bits per heavy atom. The number of nitrogens with zero attached hydrogens (tertiary/aromatic N) is 4. The quantitative estimate of drug-likeness (QED) is 0.403. The van der Waals surface area contributed by atoms with Crippen LogP contribution in [0, 0.1) is 18.7 Å². The van der Waals surface area contributed by atoms with Crippen molar-refractivity contribution in [1.29, 1.82) is 0 Å². The van der Waals surface area contributed by atoms with Crippen LogP contribution in [0.5, 0.6) is 5.75 Å². The number of carbonyl (C=O) groups is 1. The van der Waals surface area contributed by atoms with Crippen molar-refractivity contribution in [3.8, 4) is 16.9 Å². The van der Waals surface area contributed by atoms with Gasteiger partial charge >= 0.3 is 0 Å². The lowest BCUT2D eigenvalue weighted by molar-refractivity contribution is 0.0444. The van der Waals surface area contributed by atoms with Gasteiger partial charge in [-0.3, -0.25) is 9.20 Å². The summed E-state index contributed by atoms with van der Waals surface area (Å²) < 4.78 is 27.8. The average Bonchev–Trinajstić information content (AvgIpc) is 3.60. The fourth-order valence-corrected chi connectivity index (χ4v) is 6.11. The van der Waals surface area contributed by atoms with Crippen LogP contribution in [0.1, 0.15) is 45.6 Å². The molecule has 5 heterocycles. The van der Waals surface area contributed by atoms with Crippen molar-refractivity contribution >= 4 is 17.4 Å². The first-order valence-electron chi connectivity index (χ1n) is 13.6. The number of amides is 1. The first kappa shape index (κ1) is 24.1. The summed E-state index contributed by atoms with van der Waals surface area (Å²) in [6.07, 6.45) is 6.01. The molecule has 3 aliphatic rings. The van der Waals surface area contributed by atoms with Gasteiger partial charge in [-0.05, 0) is 48.9 Å². The Labute approximate surface area is 225 Å². The minimum absolute atomic E-state index is 0.0846. The number of imidazole rings is 1. The highest BCUT2D eigenvalue weighted by molar-refractivity contribution is 6.04. The highest BCUT2D eigenvalue weighted by Crippen LogP contribution is 2.36. The lowest BCUT2D eigenvalue weighted by Gasteiger charge is -2.31. The van der Waals surface area contributed by atoms with Gasteiger partial charge in [-0.25, -0.2) is 14.4 Å². The van der Waals surface area contributed by atoms with Crippen molar-refractivity contribution < 1.29 is 18.7 Å². The summed E-state index contributed by atoms with van der Waals surface area (Å²) in [6, 6.07) is 9.48. The molecule has 0 aliphatic carbocycles. The Hall–Kier alpha value is -3.98. The number of aryl methyl sites for hydroxylation is 1. The molecule has 0 spiro atoms. The van der Waals surface area contributed by atoms with Gasteiger partial charge in [0.2, 0.25) is 5.95 Å². The molecule has 1 saturated heterocycles. The Morgan fingerprint density at radius 3 is 2.85 bits per heavy atom. The summed E-state index contributed by atoms with van der Waals surface area (Å²) in [6.45, 7) is 5.52. The van der Waals surface area contributed by atoms with Crippen molar-refractivity contribution in [3.63, 3.8) is 0 Å². The summed E-state index contributed by atoms with van der Waals surface area (Å²) in [7, 11) is 0. The normalized spacial score (nSPS) is 17.0. The standard InChI is InChI=1S/C30H30FN5O3/c1-18-2-3-21-20(12-18)16-35(15-19-6-9-38-10-7-19)29(37)27-28-24(21)14-33-30(36(28)17-34-27)32-13-23-22-8-11-39-26(22)5-4-25(23)31/h2-5,12,14,17,19H,6-11,13,15-16H2,1H3,(H,32,33). The molecular formula is C30H30FN5O3. The van der Waals surface area contributed by atoms with Crippen molar-refractivity contribution in [2.24, 2.45) is 5.92 Å². The molecule has 0 saturated carbocycles. The second-order valence-electron chi connectivity index (χ2n) is 10.7. The van der Waals surface area contributed by atoms with Crippen LogP contribution in [-0.4, -0.2) is 51.5 Å². The number of fused-ring (bicyclic) bond motifs is 3.